The van der Waals surface area contributed by atoms with Gasteiger partial charge in [0.25, 0.3) is 5.91 Å². The zero-order valence-corrected chi connectivity index (χ0v) is 15.7. The van der Waals surface area contributed by atoms with Gasteiger partial charge in [0.15, 0.2) is 0 Å². The third kappa shape index (κ3) is 5.34. The number of carbonyl (C=O) groups is 2. The lowest BCUT2D eigenvalue weighted by Gasteiger charge is -2.25. The van der Waals surface area contributed by atoms with Gasteiger partial charge in [-0.1, -0.05) is 11.6 Å². The Hall–Kier alpha value is -1.79. The molecule has 2 N–H and O–H groups in total. The van der Waals surface area contributed by atoms with Crippen molar-refractivity contribution < 1.29 is 14.3 Å². The number of hydrogen-bond acceptors (Lipinski definition) is 3. The number of benzene rings is 1. The van der Waals surface area contributed by atoms with Crippen molar-refractivity contribution in [3.8, 4) is 0 Å². The highest BCUT2D eigenvalue weighted by molar-refractivity contribution is 6.34. The van der Waals surface area contributed by atoms with Gasteiger partial charge in [-0.15, -0.1) is 0 Å². The van der Waals surface area contributed by atoms with Gasteiger partial charge in [-0.25, -0.2) is 4.79 Å². The maximum absolute atomic E-state index is 12.6. The zero-order chi connectivity index (χ0) is 18.4. The Kier molecular flexibility index (Phi) is 7.08. The molecule has 0 radical (unpaired) electrons. The highest BCUT2D eigenvalue weighted by Crippen LogP contribution is 2.23. The summed E-state index contributed by atoms with van der Waals surface area (Å²) in [4.78, 5) is 26.6. The number of anilines is 1. The lowest BCUT2D eigenvalue weighted by Crippen LogP contribution is -2.41. The topological polar surface area (TPSA) is 70.7 Å². The molecule has 1 aliphatic rings. The smallest absolute Gasteiger partial charge is 0.322 e. The SMILES string of the molecule is CCOC[C@@H]1CCCN1C(=O)Nc1ccc(Cl)c(C(=O)NC(C)C)c1. The van der Waals surface area contributed by atoms with E-state index < -0.39 is 0 Å². The van der Waals surface area contributed by atoms with Gasteiger partial charge in [-0.2, -0.15) is 0 Å². The molecule has 0 spiro atoms. The Morgan fingerprint density at radius 3 is 2.84 bits per heavy atom. The van der Waals surface area contributed by atoms with Crippen molar-refractivity contribution in [3.63, 3.8) is 0 Å². The summed E-state index contributed by atoms with van der Waals surface area (Å²) in [6, 6.07) is 4.83. The zero-order valence-electron chi connectivity index (χ0n) is 15.0. The molecule has 1 fully saturated rings. The number of nitrogens with zero attached hydrogens (tertiary/aromatic N) is 1. The van der Waals surface area contributed by atoms with Crippen molar-refractivity contribution in [2.75, 3.05) is 25.1 Å². The standard InChI is InChI=1S/C18H26ClN3O3/c1-4-25-11-14-6-5-9-22(14)18(24)21-13-7-8-16(19)15(10-13)17(23)20-12(2)3/h7-8,10,12,14H,4-6,9,11H2,1-3H3,(H,20,23)(H,21,24)/t14-/m0/s1. The molecule has 1 atom stereocenters. The number of amides is 3. The van der Waals surface area contributed by atoms with Crippen LogP contribution in [0.25, 0.3) is 0 Å². The van der Waals surface area contributed by atoms with Gasteiger partial charge in [-0.3, -0.25) is 4.79 Å². The van der Waals surface area contributed by atoms with Crippen LogP contribution in [0.15, 0.2) is 18.2 Å². The molecule has 138 valence electrons. The van der Waals surface area contributed by atoms with Crippen LogP contribution >= 0.6 is 11.6 Å². The van der Waals surface area contributed by atoms with Crippen molar-refractivity contribution in [1.29, 1.82) is 0 Å². The van der Waals surface area contributed by atoms with E-state index in [1.807, 2.05) is 20.8 Å². The Balaban J connectivity index is 2.06. The summed E-state index contributed by atoms with van der Waals surface area (Å²) in [5.74, 6) is -0.258. The summed E-state index contributed by atoms with van der Waals surface area (Å²) in [5.41, 5.74) is 0.894. The van der Waals surface area contributed by atoms with Gasteiger partial charge in [0.1, 0.15) is 0 Å². The molecule has 0 aromatic heterocycles. The van der Waals surface area contributed by atoms with Crippen LogP contribution < -0.4 is 10.6 Å². The van der Waals surface area contributed by atoms with E-state index in [2.05, 4.69) is 10.6 Å². The molecule has 2 rings (SSSR count). The van der Waals surface area contributed by atoms with Crippen LogP contribution in [0, 0.1) is 0 Å². The first kappa shape index (κ1) is 19.5. The molecule has 25 heavy (non-hydrogen) atoms. The van der Waals surface area contributed by atoms with Gasteiger partial charge in [0, 0.05) is 24.9 Å². The summed E-state index contributed by atoms with van der Waals surface area (Å²) >= 11 is 6.12. The molecule has 6 nitrogen and oxygen atoms in total. The maximum Gasteiger partial charge on any atom is 0.322 e. The second-order valence-electron chi connectivity index (χ2n) is 6.40. The Bertz CT molecular complexity index is 622. The fraction of sp³-hybridized carbons (Fsp3) is 0.556. The van der Waals surface area contributed by atoms with Crippen molar-refractivity contribution in [2.45, 2.75) is 45.7 Å². The number of ether oxygens (including phenoxy) is 1. The molecule has 0 aliphatic carbocycles. The Morgan fingerprint density at radius 2 is 2.16 bits per heavy atom. The Labute approximate surface area is 153 Å². The summed E-state index contributed by atoms with van der Waals surface area (Å²) < 4.78 is 5.46. The molecule has 1 aromatic carbocycles. The third-order valence-corrected chi connectivity index (χ3v) is 4.36. The van der Waals surface area contributed by atoms with Crippen LogP contribution in [-0.4, -0.2) is 48.7 Å². The molecule has 1 saturated heterocycles. The normalized spacial score (nSPS) is 17.0. The molecular weight excluding hydrogens is 342 g/mol. The van der Waals surface area contributed by atoms with E-state index in [1.165, 1.54) is 0 Å². The van der Waals surface area contributed by atoms with E-state index in [0.717, 1.165) is 12.8 Å². The molecule has 1 aliphatic heterocycles. The molecule has 0 bridgehead atoms. The Morgan fingerprint density at radius 1 is 1.40 bits per heavy atom. The maximum atomic E-state index is 12.6. The predicted molar refractivity (Wildman–Crippen MR) is 99.3 cm³/mol. The molecule has 3 amide bonds. The summed E-state index contributed by atoms with van der Waals surface area (Å²) in [5, 5.41) is 6.01. The molecule has 7 heteroatoms. The average molecular weight is 368 g/mol. The number of urea groups is 1. The largest absolute Gasteiger partial charge is 0.380 e. The van der Waals surface area contributed by atoms with E-state index in [-0.39, 0.29) is 24.0 Å². The van der Waals surface area contributed by atoms with Crippen molar-refractivity contribution in [3.05, 3.63) is 28.8 Å². The first-order chi connectivity index (χ1) is 11.9. The minimum absolute atomic E-state index is 0.00531. The predicted octanol–water partition coefficient (Wildman–Crippen LogP) is 3.51. The van der Waals surface area contributed by atoms with Gasteiger partial charge >= 0.3 is 6.03 Å². The van der Waals surface area contributed by atoms with Gasteiger partial charge in [-0.05, 0) is 51.8 Å². The highest BCUT2D eigenvalue weighted by Gasteiger charge is 2.29. The van der Waals surface area contributed by atoms with Crippen molar-refractivity contribution >= 4 is 29.2 Å². The molecule has 0 saturated carbocycles. The number of nitrogens with one attached hydrogen (secondary N) is 2. The van der Waals surface area contributed by atoms with Crippen LogP contribution in [0.4, 0.5) is 10.5 Å². The van der Waals surface area contributed by atoms with Crippen molar-refractivity contribution in [2.24, 2.45) is 0 Å². The highest BCUT2D eigenvalue weighted by atomic mass is 35.5. The minimum Gasteiger partial charge on any atom is -0.380 e. The number of hydrogen-bond donors (Lipinski definition) is 2. The second-order valence-corrected chi connectivity index (χ2v) is 6.81. The van der Waals surface area contributed by atoms with Gasteiger partial charge < -0.3 is 20.3 Å². The van der Waals surface area contributed by atoms with E-state index in [4.69, 9.17) is 16.3 Å². The first-order valence-corrected chi connectivity index (χ1v) is 9.06. The molecular formula is C18H26ClN3O3. The second kappa shape index (κ2) is 9.06. The van der Waals surface area contributed by atoms with Gasteiger partial charge in [0.2, 0.25) is 0 Å². The van der Waals surface area contributed by atoms with E-state index in [9.17, 15) is 9.59 Å². The third-order valence-electron chi connectivity index (χ3n) is 4.03. The van der Waals surface area contributed by atoms with E-state index in [1.54, 1.807) is 23.1 Å². The van der Waals surface area contributed by atoms with E-state index >= 15 is 0 Å². The number of likely N-dealkylation sites (tertiary alicyclic amines) is 1. The lowest BCUT2D eigenvalue weighted by atomic mass is 10.1. The lowest BCUT2D eigenvalue weighted by molar-refractivity contribution is 0.0943. The molecule has 0 unspecified atom stereocenters. The van der Waals surface area contributed by atoms with Crippen molar-refractivity contribution in [1.82, 2.24) is 10.2 Å². The fourth-order valence-electron chi connectivity index (χ4n) is 2.84. The molecule has 1 heterocycles. The summed E-state index contributed by atoms with van der Waals surface area (Å²) in [6.07, 6.45) is 1.91. The van der Waals surface area contributed by atoms with Crippen LogP contribution in [-0.2, 0) is 4.74 Å². The van der Waals surface area contributed by atoms with Crippen LogP contribution in [0.1, 0.15) is 44.0 Å². The van der Waals surface area contributed by atoms with Gasteiger partial charge in [0.05, 0.1) is 23.2 Å². The number of rotatable bonds is 6. The summed E-state index contributed by atoms with van der Waals surface area (Å²) in [6.45, 7) is 7.59. The fourth-order valence-corrected chi connectivity index (χ4v) is 3.05. The summed E-state index contributed by atoms with van der Waals surface area (Å²) in [7, 11) is 0. The van der Waals surface area contributed by atoms with Crippen LogP contribution in [0.5, 0.6) is 0 Å². The van der Waals surface area contributed by atoms with Crippen LogP contribution in [0.3, 0.4) is 0 Å². The van der Waals surface area contributed by atoms with E-state index in [0.29, 0.717) is 36.0 Å². The average Bonchev–Trinajstić information content (AvgIpc) is 3.02. The minimum atomic E-state index is -0.258. The first-order valence-electron chi connectivity index (χ1n) is 8.68. The van der Waals surface area contributed by atoms with Crippen LogP contribution in [0.2, 0.25) is 5.02 Å². The number of carbonyl (C=O) groups excluding carboxylic acids is 2. The monoisotopic (exact) mass is 367 g/mol. The number of halogens is 1. The quantitative estimate of drug-likeness (QED) is 0.808. The molecule has 1 aromatic rings.